The van der Waals surface area contributed by atoms with Crippen molar-refractivity contribution in [1.29, 1.82) is 0 Å². The van der Waals surface area contributed by atoms with Crippen molar-refractivity contribution in [2.24, 2.45) is 5.73 Å². The molecule has 0 amide bonds. The standard InChI is InChI=1S/C22H24N2O/c1-25-21-15-9-8-10-18(21)16-24-17-22(23,19-11-4-2-5-12-19)20-13-6-3-7-14-20/h2-15,24H,16-17,23H2,1H3. The molecule has 0 atom stereocenters. The molecule has 0 aliphatic carbocycles. The van der Waals surface area contributed by atoms with E-state index in [1.54, 1.807) is 7.11 Å². The quantitative estimate of drug-likeness (QED) is 0.694. The first-order chi connectivity index (χ1) is 12.2. The van der Waals surface area contributed by atoms with Crippen molar-refractivity contribution < 1.29 is 4.74 Å². The van der Waals surface area contributed by atoms with Crippen LogP contribution in [0.4, 0.5) is 0 Å². The van der Waals surface area contributed by atoms with Gasteiger partial charge in [0.15, 0.2) is 0 Å². The minimum absolute atomic E-state index is 0.593. The summed E-state index contributed by atoms with van der Waals surface area (Å²) < 4.78 is 5.43. The molecular weight excluding hydrogens is 308 g/mol. The van der Waals surface area contributed by atoms with Crippen molar-refractivity contribution >= 4 is 0 Å². The van der Waals surface area contributed by atoms with Gasteiger partial charge < -0.3 is 15.8 Å². The van der Waals surface area contributed by atoms with Gasteiger partial charge in [-0.1, -0.05) is 78.9 Å². The van der Waals surface area contributed by atoms with E-state index in [9.17, 15) is 0 Å². The Bertz CT molecular complexity index is 748. The van der Waals surface area contributed by atoms with E-state index in [2.05, 4.69) is 35.6 Å². The van der Waals surface area contributed by atoms with Gasteiger partial charge in [-0.25, -0.2) is 0 Å². The SMILES string of the molecule is COc1ccccc1CNCC(N)(c1ccccc1)c1ccccc1. The molecule has 0 unspecified atom stereocenters. The van der Waals surface area contributed by atoms with Crippen molar-refractivity contribution in [3.8, 4) is 5.75 Å². The summed E-state index contributed by atoms with van der Waals surface area (Å²) in [6, 6.07) is 28.5. The highest BCUT2D eigenvalue weighted by atomic mass is 16.5. The number of methoxy groups -OCH3 is 1. The predicted octanol–water partition coefficient (Wildman–Crippen LogP) is 3.69. The Morgan fingerprint density at radius 1 is 0.800 bits per heavy atom. The normalized spacial score (nSPS) is 11.3. The molecule has 3 rings (SSSR count). The zero-order valence-corrected chi connectivity index (χ0v) is 14.5. The molecule has 3 aromatic rings. The second-order valence-corrected chi connectivity index (χ2v) is 6.12. The Morgan fingerprint density at radius 3 is 1.88 bits per heavy atom. The van der Waals surface area contributed by atoms with Gasteiger partial charge >= 0.3 is 0 Å². The van der Waals surface area contributed by atoms with E-state index < -0.39 is 5.54 Å². The molecule has 0 bridgehead atoms. The average Bonchev–Trinajstić information content (AvgIpc) is 2.69. The number of hydrogen-bond acceptors (Lipinski definition) is 3. The molecule has 0 aliphatic rings. The van der Waals surface area contributed by atoms with Gasteiger partial charge in [-0.05, 0) is 17.2 Å². The summed E-state index contributed by atoms with van der Waals surface area (Å²) in [5.41, 5.74) is 9.59. The van der Waals surface area contributed by atoms with E-state index in [1.165, 1.54) is 0 Å². The van der Waals surface area contributed by atoms with E-state index in [0.717, 1.165) is 22.4 Å². The van der Waals surface area contributed by atoms with Gasteiger partial charge in [0.2, 0.25) is 0 Å². The highest BCUT2D eigenvalue weighted by Gasteiger charge is 2.29. The molecule has 0 aromatic heterocycles. The maximum absolute atomic E-state index is 6.88. The summed E-state index contributed by atoms with van der Waals surface area (Å²) in [5.74, 6) is 0.886. The van der Waals surface area contributed by atoms with Gasteiger partial charge in [0.25, 0.3) is 0 Å². The summed E-state index contributed by atoms with van der Waals surface area (Å²) in [5, 5.41) is 3.51. The summed E-state index contributed by atoms with van der Waals surface area (Å²) in [6.45, 7) is 1.32. The number of nitrogens with one attached hydrogen (secondary N) is 1. The van der Waals surface area contributed by atoms with E-state index in [-0.39, 0.29) is 0 Å². The Balaban J connectivity index is 1.82. The van der Waals surface area contributed by atoms with Crippen molar-refractivity contribution in [3.63, 3.8) is 0 Å². The first-order valence-electron chi connectivity index (χ1n) is 8.46. The predicted molar refractivity (Wildman–Crippen MR) is 103 cm³/mol. The van der Waals surface area contributed by atoms with Crippen molar-refractivity contribution in [3.05, 3.63) is 102 Å². The molecule has 0 heterocycles. The lowest BCUT2D eigenvalue weighted by atomic mass is 9.83. The summed E-state index contributed by atoms with van der Waals surface area (Å²) >= 11 is 0. The van der Waals surface area contributed by atoms with Crippen LogP contribution in [-0.4, -0.2) is 13.7 Å². The van der Waals surface area contributed by atoms with Crippen molar-refractivity contribution in [2.45, 2.75) is 12.1 Å². The van der Waals surface area contributed by atoms with Gasteiger partial charge in [0, 0.05) is 18.7 Å². The van der Waals surface area contributed by atoms with Gasteiger partial charge in [-0.15, -0.1) is 0 Å². The molecule has 3 heteroatoms. The smallest absolute Gasteiger partial charge is 0.123 e. The van der Waals surface area contributed by atoms with Crippen molar-refractivity contribution in [2.75, 3.05) is 13.7 Å². The molecule has 3 nitrogen and oxygen atoms in total. The lowest BCUT2D eigenvalue weighted by Gasteiger charge is -2.31. The molecule has 128 valence electrons. The lowest BCUT2D eigenvalue weighted by molar-refractivity contribution is 0.405. The molecule has 0 aliphatic heterocycles. The Hall–Kier alpha value is -2.62. The highest BCUT2D eigenvalue weighted by Crippen LogP contribution is 2.26. The highest BCUT2D eigenvalue weighted by molar-refractivity contribution is 5.39. The van der Waals surface area contributed by atoms with Crippen LogP contribution in [0.3, 0.4) is 0 Å². The Morgan fingerprint density at radius 2 is 1.32 bits per heavy atom. The van der Waals surface area contributed by atoms with E-state index in [1.807, 2.05) is 54.6 Å². The van der Waals surface area contributed by atoms with Crippen LogP contribution < -0.4 is 15.8 Å². The fourth-order valence-electron chi connectivity index (χ4n) is 3.09. The fraction of sp³-hybridized carbons (Fsp3) is 0.182. The van der Waals surface area contributed by atoms with E-state index >= 15 is 0 Å². The molecule has 25 heavy (non-hydrogen) atoms. The van der Waals surface area contributed by atoms with Crippen LogP contribution in [0, 0.1) is 0 Å². The van der Waals surface area contributed by atoms with Crippen LogP contribution in [0.15, 0.2) is 84.9 Å². The Kier molecular flexibility index (Phi) is 5.49. The zero-order valence-electron chi connectivity index (χ0n) is 14.5. The first-order valence-corrected chi connectivity index (χ1v) is 8.46. The number of hydrogen-bond donors (Lipinski definition) is 2. The molecule has 0 spiro atoms. The molecule has 0 radical (unpaired) electrons. The number of rotatable bonds is 7. The summed E-state index contributed by atoms with van der Waals surface area (Å²) in [4.78, 5) is 0. The average molecular weight is 332 g/mol. The topological polar surface area (TPSA) is 47.3 Å². The van der Waals surface area contributed by atoms with Gasteiger partial charge in [0.1, 0.15) is 5.75 Å². The third-order valence-electron chi connectivity index (χ3n) is 4.49. The molecule has 0 fully saturated rings. The largest absolute Gasteiger partial charge is 0.496 e. The lowest BCUT2D eigenvalue weighted by Crippen LogP contribution is -2.46. The molecule has 3 aromatic carbocycles. The molecule has 0 saturated carbocycles. The number of benzene rings is 3. The Labute approximate surface area is 149 Å². The molecule has 0 saturated heterocycles. The second kappa shape index (κ2) is 7.97. The zero-order chi connectivity index (χ0) is 17.5. The number of nitrogens with two attached hydrogens (primary N) is 1. The molecule has 3 N–H and O–H groups in total. The van der Waals surface area contributed by atoms with E-state index in [0.29, 0.717) is 13.1 Å². The molecular formula is C22H24N2O. The monoisotopic (exact) mass is 332 g/mol. The number of ether oxygens (including phenoxy) is 1. The van der Waals surface area contributed by atoms with Gasteiger partial charge in [-0.3, -0.25) is 0 Å². The third kappa shape index (κ3) is 3.90. The summed E-state index contributed by atoms with van der Waals surface area (Å²) in [7, 11) is 1.69. The van der Waals surface area contributed by atoms with Crippen LogP contribution in [-0.2, 0) is 12.1 Å². The van der Waals surface area contributed by atoms with Crippen molar-refractivity contribution in [1.82, 2.24) is 5.32 Å². The first kappa shape index (κ1) is 17.2. The number of para-hydroxylation sites is 1. The van der Waals surface area contributed by atoms with Gasteiger partial charge in [-0.2, -0.15) is 0 Å². The van der Waals surface area contributed by atoms with Crippen LogP contribution in [0.1, 0.15) is 16.7 Å². The maximum Gasteiger partial charge on any atom is 0.123 e. The second-order valence-electron chi connectivity index (χ2n) is 6.12. The summed E-state index contributed by atoms with van der Waals surface area (Å²) in [6.07, 6.45) is 0. The van der Waals surface area contributed by atoms with Crippen LogP contribution in [0.2, 0.25) is 0 Å². The third-order valence-corrected chi connectivity index (χ3v) is 4.49. The minimum atomic E-state index is -0.593. The maximum atomic E-state index is 6.88. The van der Waals surface area contributed by atoms with Gasteiger partial charge in [0.05, 0.1) is 12.6 Å². The van der Waals surface area contributed by atoms with Crippen LogP contribution in [0.25, 0.3) is 0 Å². The van der Waals surface area contributed by atoms with Crippen LogP contribution >= 0.6 is 0 Å². The minimum Gasteiger partial charge on any atom is -0.496 e. The fourth-order valence-corrected chi connectivity index (χ4v) is 3.09. The van der Waals surface area contributed by atoms with E-state index in [4.69, 9.17) is 10.5 Å². The van der Waals surface area contributed by atoms with Crippen LogP contribution in [0.5, 0.6) is 5.75 Å².